The second-order valence-corrected chi connectivity index (χ2v) is 16.3. The minimum absolute atomic E-state index is 0.0710. The highest BCUT2D eigenvalue weighted by atomic mass is 79.9. The Bertz CT molecular complexity index is 2210. The van der Waals surface area contributed by atoms with Crippen LogP contribution in [0.3, 0.4) is 0 Å². The van der Waals surface area contributed by atoms with E-state index in [0.717, 1.165) is 103 Å². The van der Waals surface area contributed by atoms with Crippen LogP contribution in [0.15, 0.2) is 121 Å². The molecule has 1 saturated carbocycles. The largest absolute Gasteiger partial charge is 0.497 e. The van der Waals surface area contributed by atoms with E-state index in [1.54, 1.807) is 14.2 Å². The number of benzene rings is 3. The first-order chi connectivity index (χ1) is 28.3. The maximum absolute atomic E-state index is 12.0. The fourth-order valence-electron chi connectivity index (χ4n) is 9.17. The third-order valence-corrected chi connectivity index (χ3v) is 12.9. The number of aldehydes is 1. The van der Waals surface area contributed by atoms with Gasteiger partial charge in [0.2, 0.25) is 0 Å². The molecule has 1 fully saturated rings. The van der Waals surface area contributed by atoms with Crippen molar-refractivity contribution in [2.75, 3.05) is 34.4 Å². The number of hydrogen-bond donors (Lipinski definition) is 0. The number of fused-ring (bicyclic) bond motifs is 2. The van der Waals surface area contributed by atoms with Crippen molar-refractivity contribution in [1.82, 2.24) is 24.4 Å². The summed E-state index contributed by atoms with van der Waals surface area (Å²) in [6, 6.07) is 24.6. The summed E-state index contributed by atoms with van der Waals surface area (Å²) in [4.78, 5) is 17.0. The van der Waals surface area contributed by atoms with Crippen molar-refractivity contribution in [3.63, 3.8) is 0 Å². The molecule has 304 valence electrons. The van der Waals surface area contributed by atoms with Gasteiger partial charge < -0.3 is 14.4 Å². The first-order valence-corrected chi connectivity index (χ1v) is 21.2. The van der Waals surface area contributed by atoms with Gasteiger partial charge in [0.15, 0.2) is 5.65 Å². The molecule has 3 atom stereocenters. The second-order valence-electron chi connectivity index (χ2n) is 15.4. The van der Waals surface area contributed by atoms with Gasteiger partial charge in [-0.2, -0.15) is 0 Å². The SMILES string of the molecule is C=C.C=C(CCc1ccc(OC)cc1OC)C1CCCCC1C(=C)N1CCc2c(Br)ccc(CCc3nnc4ccccn34)c2C1CN(C)Cc1ccccc1C=O. The van der Waals surface area contributed by atoms with Gasteiger partial charge in [0.05, 0.1) is 20.3 Å². The number of aromatic nitrogens is 3. The lowest BCUT2D eigenvalue weighted by molar-refractivity contribution is 0.112. The summed E-state index contributed by atoms with van der Waals surface area (Å²) in [6.45, 7) is 18.1. The van der Waals surface area contributed by atoms with E-state index in [4.69, 9.17) is 22.6 Å². The van der Waals surface area contributed by atoms with E-state index in [1.807, 2.05) is 54.7 Å². The van der Waals surface area contributed by atoms with Crippen LogP contribution in [-0.4, -0.2) is 65.0 Å². The molecule has 3 aromatic carbocycles. The number of halogens is 1. The lowest BCUT2D eigenvalue weighted by Crippen LogP contribution is -2.44. The number of likely N-dealkylation sites (N-methyl/N-ethyl adjacent to an activating group) is 1. The van der Waals surface area contributed by atoms with Gasteiger partial charge in [-0.1, -0.05) is 90.0 Å². The third kappa shape index (κ3) is 9.48. The Morgan fingerprint density at radius 3 is 2.43 bits per heavy atom. The topological polar surface area (TPSA) is 72.2 Å². The number of pyridine rings is 1. The van der Waals surface area contributed by atoms with Gasteiger partial charge in [-0.3, -0.25) is 14.1 Å². The third-order valence-electron chi connectivity index (χ3n) is 12.1. The molecule has 5 aromatic rings. The molecule has 0 radical (unpaired) electrons. The van der Waals surface area contributed by atoms with E-state index in [0.29, 0.717) is 18.4 Å². The number of aryl methyl sites for hydroxylation is 3. The summed E-state index contributed by atoms with van der Waals surface area (Å²) < 4.78 is 14.4. The molecule has 1 aliphatic heterocycles. The van der Waals surface area contributed by atoms with Gasteiger partial charge in [0.1, 0.15) is 23.6 Å². The van der Waals surface area contributed by atoms with Crippen molar-refractivity contribution >= 4 is 27.9 Å². The van der Waals surface area contributed by atoms with E-state index in [9.17, 15) is 4.79 Å². The molecule has 0 saturated heterocycles. The van der Waals surface area contributed by atoms with Crippen LogP contribution in [0.2, 0.25) is 0 Å². The Morgan fingerprint density at radius 1 is 0.897 bits per heavy atom. The number of nitrogens with zero attached hydrogens (tertiary/aromatic N) is 5. The Hall–Kier alpha value is -4.99. The Morgan fingerprint density at radius 2 is 1.66 bits per heavy atom. The van der Waals surface area contributed by atoms with Gasteiger partial charge in [-0.15, -0.1) is 23.4 Å². The smallest absolute Gasteiger partial charge is 0.160 e. The Balaban J connectivity index is 0.00000279. The fraction of sp³-hybridized carbons (Fsp3) is 0.367. The monoisotopic (exact) mass is 843 g/mol. The van der Waals surface area contributed by atoms with Gasteiger partial charge in [-0.25, -0.2) is 0 Å². The first kappa shape index (κ1) is 42.6. The zero-order chi connectivity index (χ0) is 41.2. The van der Waals surface area contributed by atoms with E-state index in [1.165, 1.54) is 46.4 Å². The maximum atomic E-state index is 12.0. The van der Waals surface area contributed by atoms with Gasteiger partial charge in [-0.05, 0) is 104 Å². The highest BCUT2D eigenvalue weighted by Gasteiger charge is 2.38. The summed E-state index contributed by atoms with van der Waals surface area (Å²) in [7, 11) is 5.58. The maximum Gasteiger partial charge on any atom is 0.160 e. The fourth-order valence-corrected chi connectivity index (χ4v) is 9.72. The van der Waals surface area contributed by atoms with Crippen LogP contribution in [0.25, 0.3) is 5.65 Å². The van der Waals surface area contributed by atoms with E-state index in [2.05, 4.69) is 84.8 Å². The predicted octanol–water partition coefficient (Wildman–Crippen LogP) is 10.4. The molecule has 2 aromatic heterocycles. The molecule has 0 N–H and O–H groups in total. The normalized spacial score (nSPS) is 17.6. The Kier molecular flexibility index (Phi) is 14.8. The zero-order valence-corrected chi connectivity index (χ0v) is 36.1. The molecule has 8 nitrogen and oxygen atoms in total. The van der Waals surface area contributed by atoms with Crippen molar-refractivity contribution in [1.29, 1.82) is 0 Å². The van der Waals surface area contributed by atoms with Gasteiger partial charge >= 0.3 is 0 Å². The van der Waals surface area contributed by atoms with Crippen molar-refractivity contribution in [3.8, 4) is 11.5 Å². The molecule has 0 amide bonds. The summed E-state index contributed by atoms with van der Waals surface area (Å²) in [6.07, 6.45) is 12.0. The minimum Gasteiger partial charge on any atom is -0.497 e. The number of carbonyl (C=O) groups is 1. The number of carbonyl (C=O) groups excluding carboxylic acids is 1. The highest BCUT2D eigenvalue weighted by Crippen LogP contribution is 2.46. The van der Waals surface area contributed by atoms with Gasteiger partial charge in [0.25, 0.3) is 0 Å². The highest BCUT2D eigenvalue weighted by molar-refractivity contribution is 9.10. The standard InChI is InChI=1S/C47H54BrN5O3.C2H4/c1-32(17-18-34-19-22-38(55-4)28-44(34)56-5)39-14-8-9-15-40(39)33(2)52-27-25-41-42(48)23-20-35(21-24-46-50-49-45-16-10-11-26-53(45)46)47(41)43(52)30-51(3)29-36-12-6-7-13-37(36)31-54;1-2/h6-7,10-13,16,19-20,22-23,26,28,31,39-40,43H,1-2,8-9,14-15,17-18,21,24-25,27,29-30H2,3-5H3;1-2H2. The van der Waals surface area contributed by atoms with Crippen LogP contribution in [0.1, 0.15) is 82.1 Å². The predicted molar refractivity (Wildman–Crippen MR) is 239 cm³/mol. The summed E-state index contributed by atoms with van der Waals surface area (Å²) >= 11 is 3.97. The van der Waals surface area contributed by atoms with Crippen LogP contribution in [0, 0.1) is 11.8 Å². The summed E-state index contributed by atoms with van der Waals surface area (Å²) in [5.41, 5.74) is 10.4. The lowest BCUT2D eigenvalue weighted by atomic mass is 9.72. The molecule has 2 aliphatic rings. The summed E-state index contributed by atoms with van der Waals surface area (Å²) in [5.74, 6) is 3.30. The van der Waals surface area contributed by atoms with Crippen molar-refractivity contribution in [3.05, 3.63) is 160 Å². The van der Waals surface area contributed by atoms with Crippen LogP contribution >= 0.6 is 15.9 Å². The number of hydrogen-bond acceptors (Lipinski definition) is 7. The van der Waals surface area contributed by atoms with Crippen LogP contribution < -0.4 is 9.47 Å². The molecule has 0 bridgehead atoms. The van der Waals surface area contributed by atoms with E-state index >= 15 is 0 Å². The van der Waals surface area contributed by atoms with E-state index < -0.39 is 0 Å². The van der Waals surface area contributed by atoms with Crippen LogP contribution in [0.4, 0.5) is 0 Å². The average molecular weight is 845 g/mol. The molecule has 3 heterocycles. The van der Waals surface area contributed by atoms with Crippen molar-refractivity contribution in [2.45, 2.75) is 70.4 Å². The minimum atomic E-state index is 0.0710. The second kappa shape index (κ2) is 20.1. The number of allylic oxidation sites excluding steroid dienone is 2. The average Bonchev–Trinajstić information content (AvgIpc) is 3.69. The number of rotatable bonds is 16. The van der Waals surface area contributed by atoms with Crippen molar-refractivity contribution < 1.29 is 14.3 Å². The van der Waals surface area contributed by atoms with Crippen LogP contribution in [0.5, 0.6) is 11.5 Å². The quantitative estimate of drug-likeness (QED) is 0.0724. The molecular formula is C49H58BrN5O3. The number of ether oxygens (including phenoxy) is 2. The molecule has 58 heavy (non-hydrogen) atoms. The van der Waals surface area contributed by atoms with Crippen LogP contribution in [-0.2, 0) is 32.2 Å². The number of methoxy groups -OCH3 is 2. The molecule has 7 rings (SSSR count). The van der Waals surface area contributed by atoms with Gasteiger partial charge in [0, 0.05) is 60.0 Å². The summed E-state index contributed by atoms with van der Waals surface area (Å²) in [5, 5.41) is 9.00. The first-order valence-electron chi connectivity index (χ1n) is 20.4. The lowest BCUT2D eigenvalue weighted by Gasteiger charge is -2.47. The van der Waals surface area contributed by atoms with E-state index in [-0.39, 0.29) is 6.04 Å². The molecule has 3 unspecified atom stereocenters. The molecule has 0 spiro atoms. The Labute approximate surface area is 353 Å². The molecule has 1 aliphatic carbocycles. The molecular weight excluding hydrogens is 786 g/mol. The van der Waals surface area contributed by atoms with Crippen molar-refractivity contribution in [2.24, 2.45) is 11.8 Å². The zero-order valence-electron chi connectivity index (χ0n) is 34.5. The molecule has 9 heteroatoms.